The molecule has 1 aliphatic carbocycles. The van der Waals surface area contributed by atoms with Crippen LogP contribution < -0.4 is 0 Å². The number of hydrogen-bond donors (Lipinski definition) is 0. The highest BCUT2D eigenvalue weighted by Gasteiger charge is 2.17. The molecule has 0 saturated carbocycles. The first-order chi connectivity index (χ1) is 8.29. The third kappa shape index (κ3) is 4.43. The van der Waals surface area contributed by atoms with Gasteiger partial charge in [0.25, 0.3) is 0 Å². The van der Waals surface area contributed by atoms with Gasteiger partial charge in [0.05, 0.1) is 12.2 Å². The van der Waals surface area contributed by atoms with Crippen molar-refractivity contribution in [3.63, 3.8) is 0 Å². The lowest BCUT2D eigenvalue weighted by atomic mass is 9.93. The van der Waals surface area contributed by atoms with Gasteiger partial charge in [0.1, 0.15) is 0 Å². The lowest BCUT2D eigenvalue weighted by molar-refractivity contribution is -0.138. The van der Waals surface area contributed by atoms with E-state index >= 15 is 0 Å². The van der Waals surface area contributed by atoms with E-state index in [9.17, 15) is 4.79 Å². The van der Waals surface area contributed by atoms with E-state index in [1.807, 2.05) is 50.3 Å². The van der Waals surface area contributed by atoms with Crippen molar-refractivity contribution in [3.8, 4) is 0 Å². The van der Waals surface area contributed by atoms with Gasteiger partial charge in [-0.1, -0.05) is 36.5 Å². The zero-order valence-corrected chi connectivity index (χ0v) is 10.6. The summed E-state index contributed by atoms with van der Waals surface area (Å²) in [6.07, 6.45) is 14.9. The smallest absolute Gasteiger partial charge is 0.338 e. The number of carbonyl (C=O) groups excluding carboxylic acids is 1. The fourth-order valence-electron chi connectivity index (χ4n) is 1.75. The molecule has 1 aliphatic rings. The highest BCUT2D eigenvalue weighted by Crippen LogP contribution is 2.25. The van der Waals surface area contributed by atoms with E-state index in [0.717, 1.165) is 30.4 Å². The average molecular weight is 232 g/mol. The Morgan fingerprint density at radius 3 is 2.94 bits per heavy atom. The second-order valence-corrected chi connectivity index (χ2v) is 3.83. The number of carbonyl (C=O) groups is 1. The van der Waals surface area contributed by atoms with Crippen LogP contribution in [0, 0.1) is 0 Å². The molecule has 92 valence electrons. The molecule has 0 N–H and O–H groups in total. The standard InChI is InChI=1S/C15H20O2/c1-3-5-6-7-10-13-11-8-9-12-14(13)15(16)17-4-2/h3,5-7,10,12H,4,8-9,11H2,1-2H3/b5-3+,7-6+,13-10+. The summed E-state index contributed by atoms with van der Waals surface area (Å²) >= 11 is 0. The molecule has 0 aromatic carbocycles. The number of ether oxygens (including phenoxy) is 1. The Kier molecular flexibility index (Phi) is 6.08. The van der Waals surface area contributed by atoms with Gasteiger partial charge in [-0.3, -0.25) is 0 Å². The third-order valence-electron chi connectivity index (χ3n) is 2.55. The van der Waals surface area contributed by atoms with Gasteiger partial charge in [-0.2, -0.15) is 0 Å². The molecule has 2 nitrogen and oxygen atoms in total. The summed E-state index contributed by atoms with van der Waals surface area (Å²) in [6.45, 7) is 4.23. The van der Waals surface area contributed by atoms with Crippen LogP contribution in [0.5, 0.6) is 0 Å². The predicted molar refractivity (Wildman–Crippen MR) is 70.6 cm³/mol. The molecule has 2 heteroatoms. The van der Waals surface area contributed by atoms with Crippen LogP contribution in [-0.2, 0) is 9.53 Å². The molecular formula is C15H20O2. The normalized spacial score (nSPS) is 18.9. The van der Waals surface area contributed by atoms with Crippen LogP contribution in [0.2, 0.25) is 0 Å². The van der Waals surface area contributed by atoms with Gasteiger partial charge in [0, 0.05) is 0 Å². The summed E-state index contributed by atoms with van der Waals surface area (Å²) in [5.41, 5.74) is 1.82. The summed E-state index contributed by atoms with van der Waals surface area (Å²) in [4.78, 5) is 11.7. The van der Waals surface area contributed by atoms with Gasteiger partial charge >= 0.3 is 5.97 Å². The third-order valence-corrected chi connectivity index (χ3v) is 2.55. The molecule has 0 aromatic heterocycles. The first-order valence-corrected chi connectivity index (χ1v) is 6.15. The highest BCUT2D eigenvalue weighted by molar-refractivity contribution is 5.93. The van der Waals surface area contributed by atoms with Crippen molar-refractivity contribution in [1.82, 2.24) is 0 Å². The minimum absolute atomic E-state index is 0.196. The first kappa shape index (κ1) is 13.5. The van der Waals surface area contributed by atoms with Crippen molar-refractivity contribution in [2.75, 3.05) is 6.61 Å². The summed E-state index contributed by atoms with van der Waals surface area (Å²) in [5, 5.41) is 0. The van der Waals surface area contributed by atoms with Crippen LogP contribution >= 0.6 is 0 Å². The molecule has 1 rings (SSSR count). The molecule has 0 bridgehead atoms. The maximum Gasteiger partial charge on any atom is 0.338 e. The fourth-order valence-corrected chi connectivity index (χ4v) is 1.75. The quantitative estimate of drug-likeness (QED) is 0.545. The van der Waals surface area contributed by atoms with E-state index in [1.54, 1.807) is 0 Å². The maximum absolute atomic E-state index is 11.7. The van der Waals surface area contributed by atoms with Gasteiger partial charge in [0.2, 0.25) is 0 Å². The van der Waals surface area contributed by atoms with E-state index in [0.29, 0.717) is 6.61 Å². The number of rotatable bonds is 4. The highest BCUT2D eigenvalue weighted by atomic mass is 16.5. The Morgan fingerprint density at radius 1 is 1.41 bits per heavy atom. The summed E-state index contributed by atoms with van der Waals surface area (Å²) < 4.78 is 5.05. The molecule has 0 heterocycles. The SMILES string of the molecule is C/C=C/C=C/C=C1\CCCC=C1C(=O)OCC. The Balaban J connectivity index is 2.78. The van der Waals surface area contributed by atoms with Crippen LogP contribution in [0.25, 0.3) is 0 Å². The van der Waals surface area contributed by atoms with Gasteiger partial charge in [-0.15, -0.1) is 0 Å². The number of esters is 1. The molecule has 0 aromatic rings. The monoisotopic (exact) mass is 232 g/mol. The van der Waals surface area contributed by atoms with Gasteiger partial charge in [-0.05, 0) is 38.7 Å². The van der Waals surface area contributed by atoms with Crippen molar-refractivity contribution in [3.05, 3.63) is 47.6 Å². The molecule has 0 atom stereocenters. The first-order valence-electron chi connectivity index (χ1n) is 6.15. The summed E-state index contributed by atoms with van der Waals surface area (Å²) in [5.74, 6) is -0.196. The Morgan fingerprint density at radius 2 is 2.24 bits per heavy atom. The molecule has 0 amide bonds. The van der Waals surface area contributed by atoms with E-state index < -0.39 is 0 Å². The van der Waals surface area contributed by atoms with Crippen molar-refractivity contribution in [1.29, 1.82) is 0 Å². The summed E-state index contributed by atoms with van der Waals surface area (Å²) in [6, 6.07) is 0. The Hall–Kier alpha value is -1.57. The molecular weight excluding hydrogens is 212 g/mol. The minimum atomic E-state index is -0.196. The second-order valence-electron chi connectivity index (χ2n) is 3.83. The fraction of sp³-hybridized carbons (Fsp3) is 0.400. The largest absolute Gasteiger partial charge is 0.462 e. The molecule has 0 fully saturated rings. The predicted octanol–water partition coefficient (Wildman–Crippen LogP) is 3.72. The maximum atomic E-state index is 11.7. The van der Waals surface area contributed by atoms with Gasteiger partial charge in [-0.25, -0.2) is 4.79 Å². The van der Waals surface area contributed by atoms with E-state index in [1.165, 1.54) is 0 Å². The van der Waals surface area contributed by atoms with Crippen molar-refractivity contribution < 1.29 is 9.53 Å². The zero-order valence-electron chi connectivity index (χ0n) is 10.6. The van der Waals surface area contributed by atoms with Crippen LogP contribution in [0.4, 0.5) is 0 Å². The average Bonchev–Trinajstić information content (AvgIpc) is 2.35. The van der Waals surface area contributed by atoms with Crippen molar-refractivity contribution in [2.45, 2.75) is 33.1 Å². The van der Waals surface area contributed by atoms with Crippen LogP contribution in [0.3, 0.4) is 0 Å². The molecule has 0 unspecified atom stereocenters. The lowest BCUT2D eigenvalue weighted by Gasteiger charge is -2.15. The molecule has 17 heavy (non-hydrogen) atoms. The Bertz CT molecular complexity index is 370. The van der Waals surface area contributed by atoms with Crippen molar-refractivity contribution in [2.24, 2.45) is 0 Å². The molecule has 0 saturated heterocycles. The van der Waals surface area contributed by atoms with Crippen LogP contribution in [-0.4, -0.2) is 12.6 Å². The molecule has 0 aliphatic heterocycles. The number of hydrogen-bond acceptors (Lipinski definition) is 2. The zero-order chi connectivity index (χ0) is 12.5. The van der Waals surface area contributed by atoms with Gasteiger partial charge in [0.15, 0.2) is 0 Å². The molecule has 0 radical (unpaired) electrons. The molecule has 0 spiro atoms. The van der Waals surface area contributed by atoms with E-state index in [2.05, 4.69) is 0 Å². The van der Waals surface area contributed by atoms with E-state index in [-0.39, 0.29) is 5.97 Å². The van der Waals surface area contributed by atoms with Crippen LogP contribution in [0.1, 0.15) is 33.1 Å². The topological polar surface area (TPSA) is 26.3 Å². The van der Waals surface area contributed by atoms with Crippen LogP contribution in [0.15, 0.2) is 47.6 Å². The number of allylic oxidation sites excluding steroid dienone is 6. The second kappa shape index (κ2) is 7.66. The Labute approximate surface area is 103 Å². The summed E-state index contributed by atoms with van der Waals surface area (Å²) in [7, 11) is 0. The van der Waals surface area contributed by atoms with Crippen molar-refractivity contribution >= 4 is 5.97 Å². The minimum Gasteiger partial charge on any atom is -0.462 e. The van der Waals surface area contributed by atoms with Gasteiger partial charge < -0.3 is 4.74 Å². The van der Waals surface area contributed by atoms with E-state index in [4.69, 9.17) is 4.74 Å². The lowest BCUT2D eigenvalue weighted by Crippen LogP contribution is -2.12.